The molecule has 0 aromatic rings. The van der Waals surface area contributed by atoms with Gasteiger partial charge in [-0.2, -0.15) is 0 Å². The second-order valence-electron chi connectivity index (χ2n) is 5.28. The largest absolute Gasteiger partial charge is 0.377 e. The van der Waals surface area contributed by atoms with Crippen molar-refractivity contribution in [2.75, 3.05) is 6.61 Å². The molecule has 0 spiro atoms. The zero-order valence-electron chi connectivity index (χ0n) is 10.7. The van der Waals surface area contributed by atoms with Gasteiger partial charge in [-0.15, -0.1) is 0 Å². The minimum absolute atomic E-state index is 0.0362. The van der Waals surface area contributed by atoms with Crippen molar-refractivity contribution in [2.24, 2.45) is 11.7 Å². The van der Waals surface area contributed by atoms with E-state index in [-0.39, 0.29) is 30.0 Å². The number of ether oxygens (including phenoxy) is 1. The maximum atomic E-state index is 12.2. The molecule has 4 heteroatoms. The van der Waals surface area contributed by atoms with Crippen molar-refractivity contribution >= 4 is 5.91 Å². The third-order valence-electron chi connectivity index (χ3n) is 4.10. The van der Waals surface area contributed by atoms with Crippen LogP contribution >= 0.6 is 0 Å². The predicted octanol–water partition coefficient (Wildman–Crippen LogP) is 1.19. The first-order valence-electron chi connectivity index (χ1n) is 6.90. The van der Waals surface area contributed by atoms with Crippen molar-refractivity contribution in [2.45, 2.75) is 63.6 Å². The van der Waals surface area contributed by atoms with Gasteiger partial charge in [0.15, 0.2) is 0 Å². The molecule has 0 radical (unpaired) electrons. The number of hydrogen-bond donors (Lipinski definition) is 2. The van der Waals surface area contributed by atoms with Crippen LogP contribution < -0.4 is 11.1 Å². The van der Waals surface area contributed by atoms with E-state index in [0.717, 1.165) is 25.7 Å². The molecule has 0 bridgehead atoms. The van der Waals surface area contributed by atoms with Gasteiger partial charge >= 0.3 is 0 Å². The molecule has 1 aliphatic carbocycles. The summed E-state index contributed by atoms with van der Waals surface area (Å²) in [6.45, 7) is 2.79. The highest BCUT2D eigenvalue weighted by molar-refractivity contribution is 5.79. The van der Waals surface area contributed by atoms with Gasteiger partial charge in [0.2, 0.25) is 5.91 Å². The summed E-state index contributed by atoms with van der Waals surface area (Å²) in [5, 5.41) is 3.13. The maximum Gasteiger partial charge on any atom is 0.226 e. The number of nitrogens with two attached hydrogens (primary N) is 1. The third kappa shape index (κ3) is 2.99. The van der Waals surface area contributed by atoms with Crippen LogP contribution in [0.4, 0.5) is 0 Å². The topological polar surface area (TPSA) is 64.3 Å². The van der Waals surface area contributed by atoms with Crippen molar-refractivity contribution in [3.05, 3.63) is 0 Å². The first-order valence-corrected chi connectivity index (χ1v) is 6.90. The van der Waals surface area contributed by atoms with Crippen molar-refractivity contribution in [1.82, 2.24) is 5.32 Å². The van der Waals surface area contributed by atoms with E-state index in [9.17, 15) is 4.79 Å². The highest BCUT2D eigenvalue weighted by Crippen LogP contribution is 2.24. The molecule has 1 amide bonds. The van der Waals surface area contributed by atoms with E-state index < -0.39 is 0 Å². The number of carbonyl (C=O) groups is 1. The van der Waals surface area contributed by atoms with Crippen molar-refractivity contribution in [3.8, 4) is 0 Å². The standard InChI is InChI=1S/C13H24N2O2/c1-2-12-9(7-8-17-12)13(16)15-11-6-4-3-5-10(11)14/h9-12H,2-8,14H2,1H3,(H,15,16)/t9?,10-,11-,12?/m1/s1. The molecule has 1 saturated heterocycles. The third-order valence-corrected chi connectivity index (χ3v) is 4.10. The molecule has 2 fully saturated rings. The molecule has 2 rings (SSSR count). The van der Waals surface area contributed by atoms with Gasteiger partial charge in [-0.3, -0.25) is 4.79 Å². The Hall–Kier alpha value is -0.610. The molecule has 1 saturated carbocycles. The molecule has 3 N–H and O–H groups in total. The minimum atomic E-state index is 0.0362. The van der Waals surface area contributed by atoms with Gasteiger partial charge in [0, 0.05) is 18.7 Å². The highest BCUT2D eigenvalue weighted by atomic mass is 16.5. The summed E-state index contributed by atoms with van der Waals surface area (Å²) in [5.41, 5.74) is 6.05. The molecular weight excluding hydrogens is 216 g/mol. The van der Waals surface area contributed by atoms with Gasteiger partial charge in [0.1, 0.15) is 0 Å². The van der Waals surface area contributed by atoms with Crippen LogP contribution in [0, 0.1) is 5.92 Å². The zero-order valence-corrected chi connectivity index (χ0v) is 10.7. The molecule has 4 atom stereocenters. The summed E-state index contributed by atoms with van der Waals surface area (Å²) in [6.07, 6.45) is 6.30. The first kappa shape index (κ1) is 12.8. The van der Waals surface area contributed by atoms with Crippen LogP contribution in [0.2, 0.25) is 0 Å². The summed E-state index contributed by atoms with van der Waals surface area (Å²) in [6, 6.07) is 0.310. The number of amides is 1. The number of carbonyl (C=O) groups excluding carboxylic acids is 1. The van der Waals surface area contributed by atoms with Crippen molar-refractivity contribution < 1.29 is 9.53 Å². The van der Waals surface area contributed by atoms with Crippen LogP contribution in [0.15, 0.2) is 0 Å². The molecule has 17 heavy (non-hydrogen) atoms. The fourth-order valence-corrected chi connectivity index (χ4v) is 2.98. The lowest BCUT2D eigenvalue weighted by Gasteiger charge is -2.30. The summed E-state index contributed by atoms with van der Waals surface area (Å²) < 4.78 is 5.56. The molecule has 2 unspecified atom stereocenters. The van der Waals surface area contributed by atoms with E-state index >= 15 is 0 Å². The summed E-state index contributed by atoms with van der Waals surface area (Å²) in [5.74, 6) is 0.186. The molecular formula is C13H24N2O2. The van der Waals surface area contributed by atoms with E-state index in [1.165, 1.54) is 12.8 Å². The Kier molecular flexibility index (Phi) is 4.40. The monoisotopic (exact) mass is 240 g/mol. The van der Waals surface area contributed by atoms with Crippen molar-refractivity contribution in [3.63, 3.8) is 0 Å². The van der Waals surface area contributed by atoms with E-state index in [2.05, 4.69) is 12.2 Å². The fraction of sp³-hybridized carbons (Fsp3) is 0.923. The van der Waals surface area contributed by atoms with Gasteiger partial charge in [-0.05, 0) is 25.7 Å². The maximum absolute atomic E-state index is 12.2. The number of nitrogens with one attached hydrogen (secondary N) is 1. The number of rotatable bonds is 3. The van der Waals surface area contributed by atoms with Gasteiger partial charge < -0.3 is 15.8 Å². The van der Waals surface area contributed by atoms with Gasteiger partial charge in [0.25, 0.3) is 0 Å². The SMILES string of the molecule is CCC1OCCC1C(=O)N[C@@H]1CCCC[C@H]1N. The minimum Gasteiger partial charge on any atom is -0.377 e. The Morgan fingerprint density at radius 2 is 2.12 bits per heavy atom. The average molecular weight is 240 g/mol. The first-order chi connectivity index (χ1) is 8.22. The predicted molar refractivity (Wildman–Crippen MR) is 66.5 cm³/mol. The van der Waals surface area contributed by atoms with Gasteiger partial charge in [-0.1, -0.05) is 19.8 Å². The Labute approximate surface area is 103 Å². The van der Waals surface area contributed by atoms with Gasteiger partial charge in [-0.25, -0.2) is 0 Å². The lowest BCUT2D eigenvalue weighted by atomic mass is 9.90. The van der Waals surface area contributed by atoms with E-state index in [1.807, 2.05) is 0 Å². The second kappa shape index (κ2) is 5.83. The average Bonchev–Trinajstić information content (AvgIpc) is 2.80. The quantitative estimate of drug-likeness (QED) is 0.779. The molecule has 98 valence electrons. The lowest BCUT2D eigenvalue weighted by molar-refractivity contribution is -0.127. The van der Waals surface area contributed by atoms with Crippen molar-refractivity contribution in [1.29, 1.82) is 0 Å². The smallest absolute Gasteiger partial charge is 0.226 e. The summed E-state index contributed by atoms with van der Waals surface area (Å²) >= 11 is 0. The van der Waals surface area contributed by atoms with Crippen LogP contribution in [0.1, 0.15) is 45.4 Å². The normalized spacial score (nSPS) is 38.0. The Morgan fingerprint density at radius 1 is 1.35 bits per heavy atom. The molecule has 1 aliphatic heterocycles. The van der Waals surface area contributed by atoms with Crippen LogP contribution in [-0.4, -0.2) is 30.7 Å². The number of hydrogen-bond acceptors (Lipinski definition) is 3. The Morgan fingerprint density at radius 3 is 2.82 bits per heavy atom. The summed E-state index contributed by atoms with van der Waals surface area (Å²) in [4.78, 5) is 12.2. The molecule has 4 nitrogen and oxygen atoms in total. The van der Waals surface area contributed by atoms with Crippen LogP contribution in [0.3, 0.4) is 0 Å². The summed E-state index contributed by atoms with van der Waals surface area (Å²) in [7, 11) is 0. The lowest BCUT2D eigenvalue weighted by Crippen LogP contribution is -2.51. The molecule has 0 aromatic heterocycles. The van der Waals surface area contributed by atoms with Crippen LogP contribution in [0.25, 0.3) is 0 Å². The van der Waals surface area contributed by atoms with Crippen LogP contribution in [-0.2, 0) is 9.53 Å². The van der Waals surface area contributed by atoms with E-state index in [0.29, 0.717) is 6.61 Å². The highest BCUT2D eigenvalue weighted by Gasteiger charge is 2.34. The Balaban J connectivity index is 1.87. The molecule has 1 heterocycles. The second-order valence-corrected chi connectivity index (χ2v) is 5.28. The Bertz CT molecular complexity index is 270. The van der Waals surface area contributed by atoms with Crippen LogP contribution in [0.5, 0.6) is 0 Å². The zero-order chi connectivity index (χ0) is 12.3. The van der Waals surface area contributed by atoms with E-state index in [1.54, 1.807) is 0 Å². The van der Waals surface area contributed by atoms with E-state index in [4.69, 9.17) is 10.5 Å². The molecule has 2 aliphatic rings. The molecule has 0 aromatic carbocycles. The van der Waals surface area contributed by atoms with Gasteiger partial charge in [0.05, 0.1) is 12.0 Å². The fourth-order valence-electron chi connectivity index (χ4n) is 2.98.